The first-order chi connectivity index (χ1) is 17.4. The second-order valence-electron chi connectivity index (χ2n) is 11.2. The molecule has 0 spiro atoms. The van der Waals surface area contributed by atoms with Crippen LogP contribution >= 0.6 is 0 Å². The molecule has 3 heterocycles. The Labute approximate surface area is 218 Å². The standard InChI is InChI=1S/C30H45N5O/c1-6-11-23-14-17-28(31-21-23)33-19-20-35(30(4,5)22-33)29(36)26-15-16-27(25(8-3)32-26)34(18-7-2)24-12-9-10-13-24/h6,14-16,21,24,28H,1,7-13,17-20,22H2,2-5H3. The maximum atomic E-state index is 13.7. The molecule has 0 bridgehead atoms. The molecule has 1 atom stereocenters. The van der Waals surface area contributed by atoms with Crippen LogP contribution in [0.4, 0.5) is 5.69 Å². The van der Waals surface area contributed by atoms with Crippen LogP contribution in [0.1, 0.15) is 88.8 Å². The lowest BCUT2D eigenvalue weighted by Crippen LogP contribution is -2.62. The van der Waals surface area contributed by atoms with Gasteiger partial charge in [0.05, 0.1) is 16.9 Å². The molecule has 1 amide bonds. The zero-order valence-corrected chi connectivity index (χ0v) is 22.9. The predicted octanol–water partition coefficient (Wildman–Crippen LogP) is 5.64. The number of hydrogen-bond acceptors (Lipinski definition) is 5. The van der Waals surface area contributed by atoms with Crippen molar-refractivity contribution in [3.05, 3.63) is 47.8 Å². The molecule has 6 heteroatoms. The average molecular weight is 492 g/mol. The van der Waals surface area contributed by atoms with Gasteiger partial charge in [0.25, 0.3) is 5.91 Å². The number of aryl methyl sites for hydroxylation is 1. The van der Waals surface area contributed by atoms with E-state index in [0.717, 1.165) is 51.0 Å². The molecule has 196 valence electrons. The second-order valence-corrected chi connectivity index (χ2v) is 11.2. The summed E-state index contributed by atoms with van der Waals surface area (Å²) >= 11 is 0. The highest BCUT2D eigenvalue weighted by Gasteiger charge is 2.39. The van der Waals surface area contributed by atoms with Gasteiger partial charge in [-0.1, -0.05) is 38.8 Å². The number of allylic oxidation sites excluding steroid dienone is 2. The number of nitrogens with zero attached hydrogens (tertiary/aromatic N) is 5. The van der Waals surface area contributed by atoms with Crippen molar-refractivity contribution >= 4 is 17.8 Å². The van der Waals surface area contributed by atoms with Crippen LogP contribution in [-0.2, 0) is 6.42 Å². The zero-order valence-electron chi connectivity index (χ0n) is 22.9. The summed E-state index contributed by atoms with van der Waals surface area (Å²) in [4.78, 5) is 30.5. The first-order valence-corrected chi connectivity index (χ1v) is 14.0. The van der Waals surface area contributed by atoms with Gasteiger partial charge in [0.1, 0.15) is 11.9 Å². The van der Waals surface area contributed by atoms with E-state index in [9.17, 15) is 4.79 Å². The first kappa shape index (κ1) is 26.6. The van der Waals surface area contributed by atoms with Crippen molar-refractivity contribution in [3.63, 3.8) is 0 Å². The van der Waals surface area contributed by atoms with Gasteiger partial charge in [0.15, 0.2) is 0 Å². The SMILES string of the molecule is C=CCC1=CCC(N2CCN(C(=O)c3ccc(N(CCC)C4CCCC4)c(CC)n3)C(C)(C)C2)N=C1. The van der Waals surface area contributed by atoms with E-state index in [-0.39, 0.29) is 17.6 Å². The monoisotopic (exact) mass is 491 g/mol. The van der Waals surface area contributed by atoms with Crippen molar-refractivity contribution in [3.8, 4) is 0 Å². The Bertz CT molecular complexity index is 991. The number of pyridine rings is 1. The number of dihydropyridines is 1. The van der Waals surface area contributed by atoms with Gasteiger partial charge in [-0.25, -0.2) is 4.98 Å². The van der Waals surface area contributed by atoms with Crippen LogP contribution in [0.2, 0.25) is 0 Å². The number of rotatable bonds is 9. The van der Waals surface area contributed by atoms with Gasteiger partial charge >= 0.3 is 0 Å². The minimum absolute atomic E-state index is 0.0455. The van der Waals surface area contributed by atoms with Crippen LogP contribution in [0.25, 0.3) is 0 Å². The Hall–Kier alpha value is -2.47. The highest BCUT2D eigenvalue weighted by Crippen LogP contribution is 2.32. The third-order valence-electron chi connectivity index (χ3n) is 8.03. The predicted molar refractivity (Wildman–Crippen MR) is 150 cm³/mol. The summed E-state index contributed by atoms with van der Waals surface area (Å²) in [6, 6.07) is 4.74. The highest BCUT2D eigenvalue weighted by atomic mass is 16.2. The molecule has 36 heavy (non-hydrogen) atoms. The summed E-state index contributed by atoms with van der Waals surface area (Å²) in [7, 11) is 0. The molecular formula is C30H45N5O. The maximum absolute atomic E-state index is 13.7. The number of aliphatic imine (C=N–C) groups is 1. The lowest BCUT2D eigenvalue weighted by atomic mass is 9.96. The average Bonchev–Trinajstić information content (AvgIpc) is 3.41. The van der Waals surface area contributed by atoms with Crippen LogP contribution in [0, 0.1) is 0 Å². The van der Waals surface area contributed by atoms with Crippen molar-refractivity contribution in [2.45, 2.75) is 96.8 Å². The van der Waals surface area contributed by atoms with Gasteiger partial charge in [0.2, 0.25) is 0 Å². The minimum Gasteiger partial charge on any atom is -0.367 e. The van der Waals surface area contributed by atoms with Gasteiger partial charge in [0, 0.05) is 44.9 Å². The molecule has 4 rings (SSSR count). The van der Waals surface area contributed by atoms with E-state index in [1.165, 1.54) is 36.9 Å². The lowest BCUT2D eigenvalue weighted by molar-refractivity contribution is 0.00560. The lowest BCUT2D eigenvalue weighted by Gasteiger charge is -2.48. The maximum Gasteiger partial charge on any atom is 0.272 e. The summed E-state index contributed by atoms with van der Waals surface area (Å²) in [6.07, 6.45) is 15.2. The topological polar surface area (TPSA) is 52.0 Å². The number of piperazine rings is 1. The zero-order chi connectivity index (χ0) is 25.7. The molecule has 0 N–H and O–H groups in total. The Morgan fingerprint density at radius 2 is 2.00 bits per heavy atom. The van der Waals surface area contributed by atoms with Gasteiger partial charge in [-0.2, -0.15) is 0 Å². The van der Waals surface area contributed by atoms with Crippen molar-refractivity contribution in [1.29, 1.82) is 0 Å². The van der Waals surface area contributed by atoms with Gasteiger partial charge < -0.3 is 9.80 Å². The van der Waals surface area contributed by atoms with E-state index in [2.05, 4.69) is 56.2 Å². The fourth-order valence-electron chi connectivity index (χ4n) is 6.15. The first-order valence-electron chi connectivity index (χ1n) is 14.0. The highest BCUT2D eigenvalue weighted by molar-refractivity contribution is 5.93. The van der Waals surface area contributed by atoms with E-state index < -0.39 is 0 Å². The molecule has 1 aliphatic carbocycles. The summed E-state index contributed by atoms with van der Waals surface area (Å²) in [5, 5.41) is 0. The normalized spacial score (nSPS) is 22.5. The Kier molecular flexibility index (Phi) is 8.66. The quantitative estimate of drug-likeness (QED) is 0.419. The molecule has 0 aromatic carbocycles. The number of amides is 1. The van der Waals surface area contributed by atoms with E-state index in [1.54, 1.807) is 0 Å². The van der Waals surface area contributed by atoms with Gasteiger partial charge in [-0.05, 0) is 63.7 Å². The molecule has 1 saturated heterocycles. The number of anilines is 1. The van der Waals surface area contributed by atoms with E-state index in [1.807, 2.05) is 23.3 Å². The van der Waals surface area contributed by atoms with Crippen molar-refractivity contribution < 1.29 is 4.79 Å². The summed E-state index contributed by atoms with van der Waals surface area (Å²) in [5.41, 5.74) is 3.80. The molecular weight excluding hydrogens is 446 g/mol. The molecule has 2 aliphatic heterocycles. The van der Waals surface area contributed by atoms with E-state index >= 15 is 0 Å². The third-order valence-corrected chi connectivity index (χ3v) is 8.03. The van der Waals surface area contributed by atoms with E-state index in [4.69, 9.17) is 9.98 Å². The van der Waals surface area contributed by atoms with Crippen molar-refractivity contribution in [2.24, 2.45) is 4.99 Å². The van der Waals surface area contributed by atoms with Gasteiger partial charge in [-0.15, -0.1) is 6.58 Å². The Morgan fingerprint density at radius 3 is 2.61 bits per heavy atom. The number of carbonyl (C=O) groups is 1. The molecule has 1 aromatic rings. The fourth-order valence-corrected chi connectivity index (χ4v) is 6.15. The minimum atomic E-state index is -0.291. The molecule has 6 nitrogen and oxygen atoms in total. The number of hydrogen-bond donors (Lipinski definition) is 0. The second kappa shape index (κ2) is 11.7. The molecule has 1 aromatic heterocycles. The summed E-state index contributed by atoms with van der Waals surface area (Å²) in [6.45, 7) is 15.9. The molecule has 1 saturated carbocycles. The Morgan fingerprint density at radius 1 is 1.22 bits per heavy atom. The molecule has 3 aliphatic rings. The van der Waals surface area contributed by atoms with Crippen LogP contribution < -0.4 is 4.90 Å². The van der Waals surface area contributed by atoms with Crippen molar-refractivity contribution in [2.75, 3.05) is 31.1 Å². The smallest absolute Gasteiger partial charge is 0.272 e. The van der Waals surface area contributed by atoms with Crippen LogP contribution in [0.5, 0.6) is 0 Å². The number of carbonyl (C=O) groups excluding carboxylic acids is 1. The Balaban J connectivity index is 1.47. The summed E-state index contributed by atoms with van der Waals surface area (Å²) in [5.74, 6) is 0.0455. The number of aromatic nitrogens is 1. The van der Waals surface area contributed by atoms with E-state index in [0.29, 0.717) is 18.3 Å². The van der Waals surface area contributed by atoms with Crippen LogP contribution in [0.15, 0.2) is 41.4 Å². The van der Waals surface area contributed by atoms with Crippen LogP contribution in [0.3, 0.4) is 0 Å². The fraction of sp³-hybridized carbons (Fsp3) is 0.633. The van der Waals surface area contributed by atoms with Crippen molar-refractivity contribution in [1.82, 2.24) is 14.8 Å². The molecule has 2 fully saturated rings. The van der Waals surface area contributed by atoms with Gasteiger partial charge in [-0.3, -0.25) is 14.7 Å². The third kappa shape index (κ3) is 5.74. The molecule has 1 unspecified atom stereocenters. The van der Waals surface area contributed by atoms with Crippen LogP contribution in [-0.4, -0.2) is 70.8 Å². The molecule has 0 radical (unpaired) electrons. The summed E-state index contributed by atoms with van der Waals surface area (Å²) < 4.78 is 0. The largest absolute Gasteiger partial charge is 0.367 e.